The van der Waals surface area contributed by atoms with Crippen molar-refractivity contribution in [1.29, 1.82) is 0 Å². The smallest absolute Gasteiger partial charge is 0.273 e. The Bertz CT molecular complexity index is 617. The van der Waals surface area contributed by atoms with Gasteiger partial charge in [-0.15, -0.1) is 11.8 Å². The summed E-state index contributed by atoms with van der Waals surface area (Å²) < 4.78 is 5.30. The molecule has 0 saturated heterocycles. The molecule has 0 heterocycles. The molecule has 0 atom stereocenters. The van der Waals surface area contributed by atoms with E-state index in [0.29, 0.717) is 11.3 Å². The predicted molar refractivity (Wildman–Crippen MR) is 87.1 cm³/mol. The van der Waals surface area contributed by atoms with Crippen molar-refractivity contribution < 1.29 is 9.53 Å². The summed E-state index contributed by atoms with van der Waals surface area (Å²) in [6.45, 7) is 0. The van der Waals surface area contributed by atoms with Crippen molar-refractivity contribution in [2.75, 3.05) is 25.4 Å². The highest BCUT2D eigenvalue weighted by molar-refractivity contribution is 7.98. The zero-order valence-electron chi connectivity index (χ0n) is 12.3. The number of carbonyl (C=O) groups excluding carboxylic acids is 1. The van der Waals surface area contributed by atoms with Crippen LogP contribution in [0.1, 0.15) is 10.4 Å². The molecule has 1 amide bonds. The van der Waals surface area contributed by atoms with Crippen LogP contribution >= 0.6 is 11.8 Å². The van der Waals surface area contributed by atoms with Gasteiger partial charge in [0.25, 0.3) is 5.91 Å². The van der Waals surface area contributed by atoms with Crippen LogP contribution in [-0.4, -0.2) is 26.3 Å². The minimum atomic E-state index is -0.203. The first-order valence-corrected chi connectivity index (χ1v) is 7.70. The number of ether oxygens (including phenoxy) is 1. The predicted octanol–water partition coefficient (Wildman–Crippen LogP) is 3.20. The lowest BCUT2D eigenvalue weighted by Gasteiger charge is -2.21. The third-order valence-corrected chi connectivity index (χ3v) is 3.79. The van der Waals surface area contributed by atoms with Gasteiger partial charge in [0.15, 0.2) is 0 Å². The number of rotatable bonds is 5. The summed E-state index contributed by atoms with van der Waals surface area (Å²) in [7, 11) is 3.37. The number of hydrogen-bond acceptors (Lipinski definition) is 4. The Morgan fingerprint density at radius 3 is 2.52 bits per heavy atom. The molecule has 2 aromatic carbocycles. The molecule has 0 saturated carbocycles. The molecule has 1 N–H and O–H groups in total. The SMILES string of the molecule is COc1cc(SC)ccc1C(=O)NN(C)c1ccccc1. The maximum absolute atomic E-state index is 12.4. The Kier molecular flexibility index (Phi) is 5.11. The van der Waals surface area contributed by atoms with E-state index in [0.717, 1.165) is 10.6 Å². The zero-order chi connectivity index (χ0) is 15.2. The summed E-state index contributed by atoms with van der Waals surface area (Å²) in [6, 6.07) is 15.2. The lowest BCUT2D eigenvalue weighted by atomic mass is 10.2. The summed E-state index contributed by atoms with van der Waals surface area (Å²) in [4.78, 5) is 13.4. The van der Waals surface area contributed by atoms with Crippen molar-refractivity contribution >= 4 is 23.4 Å². The number of benzene rings is 2. The number of anilines is 1. The van der Waals surface area contributed by atoms with Gasteiger partial charge in [0.05, 0.1) is 18.4 Å². The Hall–Kier alpha value is -2.14. The Morgan fingerprint density at radius 1 is 1.19 bits per heavy atom. The van der Waals surface area contributed by atoms with E-state index in [9.17, 15) is 4.79 Å². The van der Waals surface area contributed by atoms with Crippen molar-refractivity contribution in [2.24, 2.45) is 0 Å². The summed E-state index contributed by atoms with van der Waals surface area (Å²) in [6.07, 6.45) is 1.98. The molecule has 5 heteroatoms. The first-order chi connectivity index (χ1) is 10.2. The summed E-state index contributed by atoms with van der Waals surface area (Å²) in [5, 5.41) is 1.68. The van der Waals surface area contributed by atoms with Gasteiger partial charge in [-0.3, -0.25) is 15.2 Å². The Labute approximate surface area is 129 Å². The average molecular weight is 302 g/mol. The van der Waals surface area contributed by atoms with E-state index in [1.165, 1.54) is 0 Å². The Morgan fingerprint density at radius 2 is 1.90 bits per heavy atom. The molecule has 0 spiro atoms. The standard InChI is InChI=1S/C16H18N2O2S/c1-18(12-7-5-4-6-8-12)17-16(19)14-10-9-13(21-3)11-15(14)20-2/h4-11H,1-3H3,(H,17,19). The molecule has 2 aromatic rings. The van der Waals surface area contributed by atoms with Gasteiger partial charge in [0, 0.05) is 11.9 Å². The summed E-state index contributed by atoms with van der Waals surface area (Å²) in [5.74, 6) is 0.367. The van der Waals surface area contributed by atoms with Gasteiger partial charge < -0.3 is 4.74 Å². The van der Waals surface area contributed by atoms with Gasteiger partial charge in [-0.05, 0) is 36.6 Å². The number of thioether (sulfide) groups is 1. The number of methoxy groups -OCH3 is 1. The number of nitrogens with one attached hydrogen (secondary N) is 1. The van der Waals surface area contributed by atoms with Crippen LogP contribution in [0.4, 0.5) is 5.69 Å². The van der Waals surface area contributed by atoms with Crippen LogP contribution < -0.4 is 15.2 Å². The van der Waals surface area contributed by atoms with E-state index in [1.54, 1.807) is 37.0 Å². The van der Waals surface area contributed by atoms with Crippen LogP contribution in [0.15, 0.2) is 53.4 Å². The molecule has 0 radical (unpaired) electrons. The fourth-order valence-electron chi connectivity index (χ4n) is 1.91. The highest BCUT2D eigenvalue weighted by atomic mass is 32.2. The molecule has 110 valence electrons. The third-order valence-electron chi connectivity index (χ3n) is 3.07. The van der Waals surface area contributed by atoms with Gasteiger partial charge >= 0.3 is 0 Å². The highest BCUT2D eigenvalue weighted by Crippen LogP contribution is 2.25. The molecule has 0 aliphatic heterocycles. The number of carbonyl (C=O) groups is 1. The first-order valence-electron chi connectivity index (χ1n) is 6.47. The van der Waals surface area contributed by atoms with Crippen molar-refractivity contribution in [3.63, 3.8) is 0 Å². The molecule has 21 heavy (non-hydrogen) atoms. The quantitative estimate of drug-likeness (QED) is 0.680. The van der Waals surface area contributed by atoms with Crippen molar-refractivity contribution in [2.45, 2.75) is 4.90 Å². The molecule has 4 nitrogen and oxygen atoms in total. The average Bonchev–Trinajstić information content (AvgIpc) is 2.54. The number of hydrazine groups is 1. The van der Waals surface area contributed by atoms with Gasteiger partial charge in [0.1, 0.15) is 5.75 Å². The first kappa shape index (κ1) is 15.3. The number of nitrogens with zero attached hydrogens (tertiary/aromatic N) is 1. The number of para-hydroxylation sites is 1. The van der Waals surface area contributed by atoms with Gasteiger partial charge in [-0.25, -0.2) is 0 Å². The van der Waals surface area contributed by atoms with E-state index in [-0.39, 0.29) is 5.91 Å². The normalized spacial score (nSPS) is 10.0. The van der Waals surface area contributed by atoms with Crippen LogP contribution in [0.25, 0.3) is 0 Å². The summed E-state index contributed by atoms with van der Waals surface area (Å²) in [5.41, 5.74) is 4.25. The van der Waals surface area contributed by atoms with Crippen molar-refractivity contribution in [3.8, 4) is 5.75 Å². The van der Waals surface area contributed by atoms with Crippen LogP contribution in [0, 0.1) is 0 Å². The van der Waals surface area contributed by atoms with Crippen molar-refractivity contribution in [3.05, 3.63) is 54.1 Å². The van der Waals surface area contributed by atoms with Crippen LogP contribution in [0.5, 0.6) is 5.75 Å². The second-order valence-corrected chi connectivity index (χ2v) is 5.28. The van der Waals surface area contributed by atoms with E-state index in [2.05, 4.69) is 5.43 Å². The van der Waals surface area contributed by atoms with Crippen LogP contribution in [0.2, 0.25) is 0 Å². The van der Waals surface area contributed by atoms with E-state index >= 15 is 0 Å². The molecule has 0 bridgehead atoms. The van der Waals surface area contributed by atoms with Crippen LogP contribution in [-0.2, 0) is 0 Å². The zero-order valence-corrected chi connectivity index (χ0v) is 13.1. The lowest BCUT2D eigenvalue weighted by molar-refractivity contribution is 0.0948. The molecule has 0 unspecified atom stereocenters. The highest BCUT2D eigenvalue weighted by Gasteiger charge is 2.14. The number of amides is 1. The minimum Gasteiger partial charge on any atom is -0.496 e. The monoisotopic (exact) mass is 302 g/mol. The van der Waals surface area contributed by atoms with Crippen LogP contribution in [0.3, 0.4) is 0 Å². The van der Waals surface area contributed by atoms with Gasteiger partial charge in [0.2, 0.25) is 0 Å². The number of hydrogen-bond donors (Lipinski definition) is 1. The fourth-order valence-corrected chi connectivity index (χ4v) is 2.34. The topological polar surface area (TPSA) is 41.6 Å². The molecule has 0 aliphatic carbocycles. The summed E-state index contributed by atoms with van der Waals surface area (Å²) >= 11 is 1.61. The van der Waals surface area contributed by atoms with Gasteiger partial charge in [-0.1, -0.05) is 18.2 Å². The molecule has 0 fully saturated rings. The molecule has 0 aliphatic rings. The molecular formula is C16H18N2O2S. The van der Waals surface area contributed by atoms with E-state index < -0.39 is 0 Å². The fraction of sp³-hybridized carbons (Fsp3) is 0.188. The van der Waals surface area contributed by atoms with E-state index in [1.807, 2.05) is 48.7 Å². The molecule has 2 rings (SSSR count). The largest absolute Gasteiger partial charge is 0.496 e. The third kappa shape index (κ3) is 3.70. The Balaban J connectivity index is 2.17. The maximum Gasteiger partial charge on any atom is 0.273 e. The van der Waals surface area contributed by atoms with Gasteiger partial charge in [-0.2, -0.15) is 0 Å². The molecule has 0 aromatic heterocycles. The minimum absolute atomic E-state index is 0.203. The molecular weight excluding hydrogens is 284 g/mol. The van der Waals surface area contributed by atoms with E-state index in [4.69, 9.17) is 4.74 Å². The second kappa shape index (κ2) is 7.04. The second-order valence-electron chi connectivity index (χ2n) is 4.40. The lowest BCUT2D eigenvalue weighted by Crippen LogP contribution is -2.39. The maximum atomic E-state index is 12.4. The van der Waals surface area contributed by atoms with Crippen molar-refractivity contribution in [1.82, 2.24) is 5.43 Å².